The first-order valence-electron chi connectivity index (χ1n) is 11.7. The van der Waals surface area contributed by atoms with Crippen LogP contribution in [0.5, 0.6) is 11.5 Å². The molecule has 4 atom stereocenters. The van der Waals surface area contributed by atoms with Crippen LogP contribution in [-0.2, 0) is 28.5 Å². The fourth-order valence-electron chi connectivity index (χ4n) is 4.12. The Morgan fingerprint density at radius 2 is 1.13 bits per heavy atom. The van der Waals surface area contributed by atoms with Gasteiger partial charge in [0.2, 0.25) is 0 Å². The van der Waals surface area contributed by atoms with E-state index >= 15 is 0 Å². The lowest BCUT2D eigenvalue weighted by Crippen LogP contribution is -2.36. The molecular weight excluding hydrogens is 496 g/mol. The minimum atomic E-state index is -0.698. The quantitative estimate of drug-likeness (QED) is 0.290. The van der Waals surface area contributed by atoms with Crippen molar-refractivity contribution in [2.75, 3.05) is 13.2 Å². The van der Waals surface area contributed by atoms with E-state index in [1.54, 1.807) is 26.0 Å². The number of hydrogen-bond donors (Lipinski definition) is 0. The molecule has 0 aromatic heterocycles. The molecule has 38 heavy (non-hydrogen) atoms. The van der Waals surface area contributed by atoms with Crippen molar-refractivity contribution in [1.29, 1.82) is 0 Å². The van der Waals surface area contributed by atoms with Gasteiger partial charge in [-0.3, -0.25) is 0 Å². The number of carbonyl (C=O) groups excluding carboxylic acids is 4. The number of carbonyl (C=O) groups is 4. The first-order valence-corrected chi connectivity index (χ1v) is 11.7. The first-order chi connectivity index (χ1) is 18.2. The van der Waals surface area contributed by atoms with Crippen LogP contribution in [0.25, 0.3) is 0 Å². The van der Waals surface area contributed by atoms with Gasteiger partial charge in [0.05, 0.1) is 24.3 Å². The van der Waals surface area contributed by atoms with Crippen molar-refractivity contribution in [1.82, 2.24) is 0 Å². The number of esters is 4. The van der Waals surface area contributed by atoms with Crippen molar-refractivity contribution < 1.29 is 47.6 Å². The Labute approximate surface area is 218 Å². The number of rotatable bonds is 8. The molecule has 2 aromatic rings. The Balaban J connectivity index is 1.34. The van der Waals surface area contributed by atoms with E-state index < -0.39 is 48.3 Å². The molecule has 10 nitrogen and oxygen atoms in total. The number of fused-ring (bicyclic) bond motifs is 1. The fourth-order valence-corrected chi connectivity index (χ4v) is 4.12. The number of aryl methyl sites for hydroxylation is 2. The average Bonchev–Trinajstić information content (AvgIpc) is 3.49. The summed E-state index contributed by atoms with van der Waals surface area (Å²) in [5, 5.41) is 0. The van der Waals surface area contributed by atoms with Crippen molar-refractivity contribution in [2.24, 2.45) is 0 Å². The van der Waals surface area contributed by atoms with Crippen LogP contribution in [0, 0.1) is 13.8 Å². The Kier molecular flexibility index (Phi) is 8.04. The van der Waals surface area contributed by atoms with E-state index in [2.05, 4.69) is 13.2 Å². The summed E-state index contributed by atoms with van der Waals surface area (Å²) in [4.78, 5) is 48.3. The Hall–Kier alpha value is -4.28. The minimum absolute atomic E-state index is 0.0750. The molecule has 0 N–H and O–H groups in total. The highest BCUT2D eigenvalue weighted by atomic mass is 16.7. The van der Waals surface area contributed by atoms with Gasteiger partial charge in [-0.2, -0.15) is 0 Å². The molecule has 0 amide bonds. The van der Waals surface area contributed by atoms with Crippen LogP contribution >= 0.6 is 0 Å². The van der Waals surface area contributed by atoms with Crippen LogP contribution in [-0.4, -0.2) is 61.5 Å². The monoisotopic (exact) mass is 522 g/mol. The maximum atomic E-state index is 12.7. The number of ether oxygens (including phenoxy) is 6. The zero-order valence-electron chi connectivity index (χ0n) is 20.8. The average molecular weight is 523 g/mol. The van der Waals surface area contributed by atoms with Crippen LogP contribution in [0.2, 0.25) is 0 Å². The molecule has 2 fully saturated rings. The van der Waals surface area contributed by atoms with Gasteiger partial charge in [0, 0.05) is 12.2 Å². The highest BCUT2D eigenvalue weighted by Gasteiger charge is 2.51. The smallest absolute Gasteiger partial charge is 0.338 e. The second-order valence-corrected chi connectivity index (χ2v) is 8.69. The molecular formula is C28H26O10. The van der Waals surface area contributed by atoms with Crippen molar-refractivity contribution in [3.8, 4) is 11.5 Å². The second-order valence-electron chi connectivity index (χ2n) is 8.69. The predicted molar refractivity (Wildman–Crippen MR) is 132 cm³/mol. The van der Waals surface area contributed by atoms with E-state index in [1.807, 2.05) is 0 Å². The summed E-state index contributed by atoms with van der Waals surface area (Å²) in [6.07, 6.45) is -0.511. The van der Waals surface area contributed by atoms with Crippen molar-refractivity contribution >= 4 is 23.9 Å². The summed E-state index contributed by atoms with van der Waals surface area (Å²) in [6, 6.07) is 9.07. The maximum absolute atomic E-state index is 12.7. The lowest BCUT2D eigenvalue weighted by molar-refractivity contribution is -0.129. The molecule has 198 valence electrons. The lowest BCUT2D eigenvalue weighted by Gasteiger charge is -2.18. The van der Waals surface area contributed by atoms with Gasteiger partial charge in [0.15, 0.2) is 12.2 Å². The molecule has 0 radical (unpaired) electrons. The van der Waals surface area contributed by atoms with Crippen LogP contribution < -0.4 is 9.47 Å². The largest absolute Gasteiger partial charge is 0.453 e. The normalized spacial score (nSPS) is 21.6. The van der Waals surface area contributed by atoms with Crippen LogP contribution in [0.3, 0.4) is 0 Å². The van der Waals surface area contributed by atoms with Gasteiger partial charge in [-0.05, 0) is 61.4 Å². The molecule has 0 saturated carbocycles. The Morgan fingerprint density at radius 3 is 1.47 bits per heavy atom. The predicted octanol–water partition coefficient (Wildman–Crippen LogP) is 3.03. The van der Waals surface area contributed by atoms with E-state index in [1.165, 1.54) is 24.3 Å². The van der Waals surface area contributed by atoms with Crippen molar-refractivity contribution in [3.63, 3.8) is 0 Å². The highest BCUT2D eigenvalue weighted by molar-refractivity contribution is 5.91. The summed E-state index contributed by atoms with van der Waals surface area (Å²) < 4.78 is 33.0. The molecule has 2 aliphatic rings. The molecule has 0 aliphatic carbocycles. The summed E-state index contributed by atoms with van der Waals surface area (Å²) in [7, 11) is 0. The zero-order valence-corrected chi connectivity index (χ0v) is 20.8. The first kappa shape index (κ1) is 26.8. The van der Waals surface area contributed by atoms with E-state index in [4.69, 9.17) is 28.4 Å². The fraction of sp³-hybridized carbons (Fsp3) is 0.286. The highest BCUT2D eigenvalue weighted by Crippen LogP contribution is 2.32. The maximum Gasteiger partial charge on any atom is 0.338 e. The SMILES string of the molecule is C=CC(=O)Oc1ccc(C(=O)O[C@@H]2CO[C@H]3[C@@H]2OC[C@H]3OC(=O)c2ccc(OC(=O)C=C)c(C)c2)cc1C. The molecule has 4 rings (SSSR count). The molecule has 0 unspecified atom stereocenters. The zero-order chi connectivity index (χ0) is 27.4. The molecule has 10 heteroatoms. The number of benzene rings is 2. The molecule has 2 saturated heterocycles. The van der Waals surface area contributed by atoms with Gasteiger partial charge in [-0.15, -0.1) is 0 Å². The van der Waals surface area contributed by atoms with Crippen molar-refractivity contribution in [3.05, 3.63) is 84.0 Å². The topological polar surface area (TPSA) is 124 Å². The summed E-state index contributed by atoms with van der Waals surface area (Å²) in [5.41, 5.74) is 1.67. The lowest BCUT2D eigenvalue weighted by atomic mass is 10.1. The van der Waals surface area contributed by atoms with Gasteiger partial charge < -0.3 is 28.4 Å². The van der Waals surface area contributed by atoms with Crippen LogP contribution in [0.1, 0.15) is 31.8 Å². The van der Waals surface area contributed by atoms with Crippen molar-refractivity contribution in [2.45, 2.75) is 38.3 Å². The van der Waals surface area contributed by atoms with Gasteiger partial charge in [-0.1, -0.05) is 13.2 Å². The van der Waals surface area contributed by atoms with Gasteiger partial charge >= 0.3 is 23.9 Å². The summed E-state index contributed by atoms with van der Waals surface area (Å²) in [6.45, 7) is 10.2. The third-order valence-electron chi connectivity index (χ3n) is 6.06. The van der Waals surface area contributed by atoms with Gasteiger partial charge in [-0.25, -0.2) is 19.2 Å². The molecule has 0 bridgehead atoms. The van der Waals surface area contributed by atoms with E-state index in [0.29, 0.717) is 22.6 Å². The van der Waals surface area contributed by atoms with Crippen LogP contribution in [0.15, 0.2) is 61.7 Å². The molecule has 0 spiro atoms. The third-order valence-corrected chi connectivity index (χ3v) is 6.06. The molecule has 2 aliphatic heterocycles. The Bertz CT molecular complexity index is 1200. The minimum Gasteiger partial charge on any atom is -0.453 e. The summed E-state index contributed by atoms with van der Waals surface area (Å²) in [5.74, 6) is -1.79. The third kappa shape index (κ3) is 5.82. The van der Waals surface area contributed by atoms with Crippen LogP contribution in [0.4, 0.5) is 0 Å². The number of hydrogen-bond acceptors (Lipinski definition) is 10. The van der Waals surface area contributed by atoms with E-state index in [9.17, 15) is 19.2 Å². The molecule has 2 heterocycles. The van der Waals surface area contributed by atoms with Gasteiger partial charge in [0.1, 0.15) is 23.7 Å². The standard InChI is InChI=1S/C28H26O10/c1-5-23(29)35-19-9-7-17(11-15(19)3)27(31)37-21-13-33-26-22(14-34-25(21)26)38-28(32)18-8-10-20(16(4)12-18)36-24(30)6-2/h5-12,21-22,25-26H,1-2,13-14H2,3-4H3/t21-,22-,25-,26-/m1/s1. The second kappa shape index (κ2) is 11.4. The van der Waals surface area contributed by atoms with E-state index in [-0.39, 0.29) is 24.3 Å². The van der Waals surface area contributed by atoms with Gasteiger partial charge in [0.25, 0.3) is 0 Å². The van der Waals surface area contributed by atoms with E-state index in [0.717, 1.165) is 12.2 Å². The Morgan fingerprint density at radius 1 is 0.737 bits per heavy atom. The molecule has 2 aromatic carbocycles. The summed E-state index contributed by atoms with van der Waals surface area (Å²) >= 11 is 0.